The molecule has 0 bridgehead atoms. The zero-order chi connectivity index (χ0) is 16.9. The number of hydrogen-bond acceptors (Lipinski definition) is 4. The van der Waals surface area contributed by atoms with Gasteiger partial charge in [0.25, 0.3) is 0 Å². The molecule has 0 aliphatic carbocycles. The Balaban J connectivity index is 1.80. The smallest absolute Gasteiger partial charge is 0.0705 e. The molecular weight excluding hydrogens is 338 g/mol. The summed E-state index contributed by atoms with van der Waals surface area (Å²) in [6, 6.07) is 22.8. The highest BCUT2D eigenvalue weighted by Gasteiger charge is 2.09. The SMILES string of the molecule is N=C(c1ccccc1)c1cc(NSc2cccc(Cl)c2)ccc1N. The Morgan fingerprint density at radius 3 is 2.50 bits per heavy atom. The number of benzene rings is 3. The van der Waals surface area contributed by atoms with E-state index in [1.165, 1.54) is 11.9 Å². The molecule has 0 heterocycles. The summed E-state index contributed by atoms with van der Waals surface area (Å²) in [5.74, 6) is 0. The molecule has 4 N–H and O–H groups in total. The zero-order valence-electron chi connectivity index (χ0n) is 12.8. The maximum Gasteiger partial charge on any atom is 0.0705 e. The van der Waals surface area contributed by atoms with Crippen molar-refractivity contribution in [1.29, 1.82) is 5.41 Å². The van der Waals surface area contributed by atoms with Gasteiger partial charge in [0.15, 0.2) is 0 Å². The van der Waals surface area contributed by atoms with Crippen molar-refractivity contribution in [1.82, 2.24) is 0 Å². The van der Waals surface area contributed by atoms with Crippen molar-refractivity contribution >= 4 is 40.6 Å². The van der Waals surface area contributed by atoms with Crippen LogP contribution >= 0.6 is 23.5 Å². The lowest BCUT2D eigenvalue weighted by molar-refractivity contribution is 1.45. The van der Waals surface area contributed by atoms with Gasteiger partial charge in [-0.3, -0.25) is 5.41 Å². The third-order valence-corrected chi connectivity index (χ3v) is 4.53. The highest BCUT2D eigenvalue weighted by Crippen LogP contribution is 2.26. The second kappa shape index (κ2) is 7.43. The lowest BCUT2D eigenvalue weighted by atomic mass is 10.0. The van der Waals surface area contributed by atoms with E-state index in [9.17, 15) is 0 Å². The molecule has 0 fully saturated rings. The maximum atomic E-state index is 8.40. The van der Waals surface area contributed by atoms with Crippen LogP contribution in [0, 0.1) is 5.41 Å². The maximum absolute atomic E-state index is 8.40. The fraction of sp³-hybridized carbons (Fsp3) is 0. The highest BCUT2D eigenvalue weighted by atomic mass is 35.5. The van der Waals surface area contributed by atoms with E-state index in [0.717, 1.165) is 16.1 Å². The quantitative estimate of drug-likeness (QED) is 0.324. The lowest BCUT2D eigenvalue weighted by Gasteiger charge is -2.11. The van der Waals surface area contributed by atoms with Crippen molar-refractivity contribution < 1.29 is 0 Å². The summed E-state index contributed by atoms with van der Waals surface area (Å²) in [4.78, 5) is 1.01. The number of hydrogen-bond donors (Lipinski definition) is 3. The van der Waals surface area contributed by atoms with E-state index in [-0.39, 0.29) is 0 Å². The first kappa shape index (κ1) is 16.4. The predicted octanol–water partition coefficient (Wildman–Crippen LogP) is 5.46. The molecule has 3 nitrogen and oxygen atoms in total. The molecule has 3 aromatic rings. The highest BCUT2D eigenvalue weighted by molar-refractivity contribution is 8.00. The average molecular weight is 354 g/mol. The van der Waals surface area contributed by atoms with Gasteiger partial charge in [-0.1, -0.05) is 48.0 Å². The number of nitrogens with two attached hydrogens (primary N) is 1. The van der Waals surface area contributed by atoms with Crippen LogP contribution in [-0.4, -0.2) is 5.71 Å². The fourth-order valence-electron chi connectivity index (χ4n) is 2.24. The minimum atomic E-state index is 0.407. The van der Waals surface area contributed by atoms with E-state index >= 15 is 0 Å². The van der Waals surface area contributed by atoms with Crippen LogP contribution in [0.3, 0.4) is 0 Å². The lowest BCUT2D eigenvalue weighted by Crippen LogP contribution is -2.06. The number of nitrogen functional groups attached to an aromatic ring is 1. The van der Waals surface area contributed by atoms with Gasteiger partial charge in [0, 0.05) is 32.4 Å². The minimum Gasteiger partial charge on any atom is -0.398 e. The Bertz CT molecular complexity index is 865. The molecule has 120 valence electrons. The Hall–Kier alpha value is -2.43. The molecule has 24 heavy (non-hydrogen) atoms. The largest absolute Gasteiger partial charge is 0.398 e. The van der Waals surface area contributed by atoms with Crippen LogP contribution in [0.25, 0.3) is 0 Å². The second-order valence-electron chi connectivity index (χ2n) is 5.20. The van der Waals surface area contributed by atoms with Gasteiger partial charge in [-0.2, -0.15) is 0 Å². The van der Waals surface area contributed by atoms with Crippen molar-refractivity contribution in [2.24, 2.45) is 0 Å². The number of halogens is 1. The summed E-state index contributed by atoms with van der Waals surface area (Å²) in [6.07, 6.45) is 0. The van der Waals surface area contributed by atoms with E-state index in [4.69, 9.17) is 22.7 Å². The van der Waals surface area contributed by atoms with Crippen molar-refractivity contribution in [3.05, 3.63) is 88.9 Å². The van der Waals surface area contributed by atoms with Crippen LogP contribution in [0.1, 0.15) is 11.1 Å². The molecule has 0 amide bonds. The van der Waals surface area contributed by atoms with Crippen molar-refractivity contribution in [3.8, 4) is 0 Å². The monoisotopic (exact) mass is 353 g/mol. The molecule has 0 saturated heterocycles. The second-order valence-corrected chi connectivity index (χ2v) is 6.52. The van der Waals surface area contributed by atoms with E-state index in [1.807, 2.05) is 72.8 Å². The van der Waals surface area contributed by atoms with Crippen LogP contribution < -0.4 is 10.5 Å². The molecule has 0 radical (unpaired) electrons. The predicted molar refractivity (Wildman–Crippen MR) is 104 cm³/mol. The first-order valence-electron chi connectivity index (χ1n) is 7.36. The molecular formula is C19H16ClN3S. The molecule has 0 unspecified atom stereocenters. The molecule has 3 aromatic carbocycles. The van der Waals surface area contributed by atoms with Gasteiger partial charge in [0.05, 0.1) is 5.71 Å². The van der Waals surface area contributed by atoms with E-state index in [1.54, 1.807) is 0 Å². The molecule has 0 aliphatic rings. The summed E-state index contributed by atoms with van der Waals surface area (Å²) >= 11 is 7.46. The topological polar surface area (TPSA) is 61.9 Å². The average Bonchev–Trinajstić information content (AvgIpc) is 2.61. The zero-order valence-corrected chi connectivity index (χ0v) is 14.4. The van der Waals surface area contributed by atoms with Crippen molar-refractivity contribution in [3.63, 3.8) is 0 Å². The standard InChI is InChI=1S/C19H16ClN3S/c20-14-7-4-8-16(11-14)24-23-15-9-10-18(21)17(12-15)19(22)13-5-2-1-3-6-13/h1-12,22-23H,21H2. The molecule has 0 spiro atoms. The fourth-order valence-corrected chi connectivity index (χ4v) is 3.20. The van der Waals surface area contributed by atoms with Gasteiger partial charge < -0.3 is 10.5 Å². The van der Waals surface area contributed by atoms with Gasteiger partial charge in [-0.25, -0.2) is 0 Å². The normalized spacial score (nSPS) is 10.4. The molecule has 0 aromatic heterocycles. The Kier molecular flexibility index (Phi) is 5.08. The molecule has 0 saturated carbocycles. The Morgan fingerprint density at radius 1 is 0.958 bits per heavy atom. The number of nitrogens with one attached hydrogen (secondary N) is 2. The molecule has 0 aliphatic heterocycles. The Morgan fingerprint density at radius 2 is 1.75 bits per heavy atom. The van der Waals surface area contributed by atoms with Gasteiger partial charge >= 0.3 is 0 Å². The van der Waals surface area contributed by atoms with Crippen molar-refractivity contribution in [2.75, 3.05) is 10.5 Å². The first-order valence-corrected chi connectivity index (χ1v) is 8.55. The van der Waals surface area contributed by atoms with Crippen LogP contribution in [0.15, 0.2) is 77.7 Å². The molecule has 3 rings (SSSR count). The van der Waals surface area contributed by atoms with Gasteiger partial charge in [-0.15, -0.1) is 0 Å². The van der Waals surface area contributed by atoms with Gasteiger partial charge in [0.1, 0.15) is 0 Å². The molecule has 5 heteroatoms. The Labute approximate surface area is 150 Å². The van der Waals surface area contributed by atoms with Crippen LogP contribution in [-0.2, 0) is 0 Å². The van der Waals surface area contributed by atoms with Crippen molar-refractivity contribution in [2.45, 2.75) is 4.90 Å². The van der Waals surface area contributed by atoms with Crippen LogP contribution in [0.4, 0.5) is 11.4 Å². The van der Waals surface area contributed by atoms with E-state index in [2.05, 4.69) is 4.72 Å². The van der Waals surface area contributed by atoms with Gasteiger partial charge in [0.2, 0.25) is 0 Å². The summed E-state index contributed by atoms with van der Waals surface area (Å²) < 4.78 is 3.27. The number of anilines is 2. The van der Waals surface area contributed by atoms with E-state index in [0.29, 0.717) is 22.0 Å². The molecule has 0 atom stereocenters. The van der Waals surface area contributed by atoms with Crippen LogP contribution in [0.5, 0.6) is 0 Å². The van der Waals surface area contributed by atoms with Gasteiger partial charge in [-0.05, 0) is 48.3 Å². The van der Waals surface area contributed by atoms with Crippen LogP contribution in [0.2, 0.25) is 5.02 Å². The summed E-state index contributed by atoms with van der Waals surface area (Å²) in [6.45, 7) is 0. The minimum absolute atomic E-state index is 0.407. The van der Waals surface area contributed by atoms with E-state index < -0.39 is 0 Å². The summed E-state index contributed by atoms with van der Waals surface area (Å²) in [5, 5.41) is 9.10. The summed E-state index contributed by atoms with van der Waals surface area (Å²) in [7, 11) is 0. The third-order valence-electron chi connectivity index (χ3n) is 3.47. The summed E-state index contributed by atoms with van der Waals surface area (Å²) in [5.41, 5.74) is 9.48. The third kappa shape index (κ3) is 3.91. The number of rotatable bonds is 5. The first-order chi connectivity index (χ1) is 11.6.